The lowest BCUT2D eigenvalue weighted by Crippen LogP contribution is -2.52. The summed E-state index contributed by atoms with van der Waals surface area (Å²) < 4.78 is 5.76. The number of ether oxygens (including phenoxy) is 1. The average Bonchev–Trinajstić information content (AvgIpc) is 2.73. The van der Waals surface area contributed by atoms with Gasteiger partial charge in [0.1, 0.15) is 11.4 Å². The fraction of sp³-hybridized carbons (Fsp3) is 0.261. The van der Waals surface area contributed by atoms with Gasteiger partial charge in [-0.2, -0.15) is 0 Å². The second-order valence-electron chi connectivity index (χ2n) is 7.11. The Balaban J connectivity index is 1.94. The highest BCUT2D eigenvalue weighted by molar-refractivity contribution is 6.22. The third kappa shape index (κ3) is 2.77. The van der Waals surface area contributed by atoms with Crippen LogP contribution in [0.1, 0.15) is 40.0 Å². The van der Waals surface area contributed by atoms with Crippen molar-refractivity contribution in [2.45, 2.75) is 24.9 Å². The monoisotopic (exact) mass is 360 g/mol. The summed E-state index contributed by atoms with van der Waals surface area (Å²) in [5.41, 5.74) is 0.651. The molecule has 3 aliphatic rings. The number of carbonyl (C=O) groups is 3. The van der Waals surface area contributed by atoms with Gasteiger partial charge in [0.2, 0.25) is 0 Å². The van der Waals surface area contributed by atoms with E-state index in [1.165, 1.54) is 7.11 Å². The number of hydrogen-bond acceptors (Lipinski definition) is 4. The molecule has 5 rings (SSSR count). The van der Waals surface area contributed by atoms with Crippen LogP contribution in [0.15, 0.2) is 71.8 Å². The van der Waals surface area contributed by atoms with Crippen molar-refractivity contribution in [3.05, 3.63) is 82.9 Å². The summed E-state index contributed by atoms with van der Waals surface area (Å²) in [6.45, 7) is 0. The fourth-order valence-electron chi connectivity index (χ4n) is 4.33. The molecule has 4 nitrogen and oxygen atoms in total. The Bertz CT molecular complexity index is 943. The number of methoxy groups -OCH3 is 1. The molecule has 2 aromatic carbocycles. The van der Waals surface area contributed by atoms with E-state index in [0.29, 0.717) is 35.1 Å². The third-order valence-electron chi connectivity index (χ3n) is 5.69. The van der Waals surface area contributed by atoms with Crippen LogP contribution in [0.4, 0.5) is 0 Å². The van der Waals surface area contributed by atoms with Crippen molar-refractivity contribution in [2.75, 3.05) is 7.11 Å². The quantitative estimate of drug-likeness (QED) is 0.761. The molecule has 0 radical (unpaired) electrons. The van der Waals surface area contributed by atoms with Crippen molar-refractivity contribution in [2.24, 2.45) is 5.92 Å². The summed E-state index contributed by atoms with van der Waals surface area (Å²) in [6.07, 6.45) is 1.25. The molecule has 0 amide bonds. The molecule has 2 bridgehead atoms. The van der Waals surface area contributed by atoms with E-state index in [9.17, 15) is 14.4 Å². The zero-order chi connectivity index (χ0) is 19.0. The number of fused-ring (bicyclic) bond motifs is 2. The first-order valence-corrected chi connectivity index (χ1v) is 9.09. The molecule has 1 saturated carbocycles. The minimum atomic E-state index is -1.02. The SMILES string of the molecule is COC12CCC(C(=O)C1)C(C(=O)c1ccccc1)=C2C(=O)c1ccccc1. The zero-order valence-corrected chi connectivity index (χ0v) is 15.1. The molecule has 0 spiro atoms. The van der Waals surface area contributed by atoms with Crippen LogP contribution < -0.4 is 0 Å². The zero-order valence-electron chi connectivity index (χ0n) is 15.1. The molecule has 3 aliphatic carbocycles. The lowest BCUT2D eigenvalue weighted by molar-refractivity contribution is -0.133. The molecule has 2 atom stereocenters. The minimum Gasteiger partial charge on any atom is -0.373 e. The lowest BCUT2D eigenvalue weighted by Gasteiger charge is -2.46. The largest absolute Gasteiger partial charge is 0.373 e. The van der Waals surface area contributed by atoms with E-state index in [4.69, 9.17) is 4.74 Å². The maximum absolute atomic E-state index is 13.4. The molecule has 2 aromatic rings. The Morgan fingerprint density at radius 2 is 1.48 bits per heavy atom. The predicted octanol–water partition coefficient (Wildman–Crippen LogP) is 3.82. The first kappa shape index (κ1) is 17.6. The van der Waals surface area contributed by atoms with Gasteiger partial charge in [-0.15, -0.1) is 0 Å². The smallest absolute Gasteiger partial charge is 0.192 e. The summed E-state index contributed by atoms with van der Waals surface area (Å²) in [4.78, 5) is 39.4. The molecule has 0 aliphatic heterocycles. The third-order valence-corrected chi connectivity index (χ3v) is 5.69. The Morgan fingerprint density at radius 1 is 0.926 bits per heavy atom. The van der Waals surface area contributed by atoms with Gasteiger partial charge in [0.15, 0.2) is 11.6 Å². The van der Waals surface area contributed by atoms with Gasteiger partial charge in [-0.1, -0.05) is 60.7 Å². The molecular weight excluding hydrogens is 340 g/mol. The summed E-state index contributed by atoms with van der Waals surface area (Å²) in [6, 6.07) is 17.7. The molecule has 0 aromatic heterocycles. The molecule has 27 heavy (non-hydrogen) atoms. The van der Waals surface area contributed by atoms with Gasteiger partial charge in [0.05, 0.1) is 0 Å². The molecule has 1 fully saturated rings. The average molecular weight is 360 g/mol. The number of allylic oxidation sites excluding steroid dienone is 1. The van der Waals surface area contributed by atoms with Crippen molar-refractivity contribution in [3.63, 3.8) is 0 Å². The number of hydrogen-bond donors (Lipinski definition) is 0. The fourth-order valence-corrected chi connectivity index (χ4v) is 4.33. The van der Waals surface area contributed by atoms with Gasteiger partial charge >= 0.3 is 0 Å². The standard InChI is InChI=1S/C23H20O4/c1-27-23-13-12-17(18(24)14-23)19(21(25)15-8-4-2-5-9-15)20(23)22(26)16-10-6-3-7-11-16/h2-11,17H,12-14H2,1H3. The van der Waals surface area contributed by atoms with Crippen molar-refractivity contribution in [1.29, 1.82) is 0 Å². The van der Waals surface area contributed by atoms with Crippen LogP contribution in [-0.4, -0.2) is 30.1 Å². The van der Waals surface area contributed by atoms with Gasteiger partial charge in [-0.05, 0) is 12.8 Å². The van der Waals surface area contributed by atoms with Gasteiger partial charge < -0.3 is 4.74 Å². The van der Waals surface area contributed by atoms with E-state index in [0.717, 1.165) is 0 Å². The van der Waals surface area contributed by atoms with Gasteiger partial charge in [0, 0.05) is 41.7 Å². The van der Waals surface area contributed by atoms with E-state index in [1.807, 2.05) is 12.1 Å². The number of carbonyl (C=O) groups excluding carboxylic acids is 3. The summed E-state index contributed by atoms with van der Waals surface area (Å²) in [5, 5.41) is 0. The van der Waals surface area contributed by atoms with E-state index in [2.05, 4.69) is 0 Å². The van der Waals surface area contributed by atoms with Crippen LogP contribution in [0, 0.1) is 5.92 Å². The van der Waals surface area contributed by atoms with Crippen LogP contribution in [0.2, 0.25) is 0 Å². The number of ketones is 3. The highest BCUT2D eigenvalue weighted by atomic mass is 16.5. The summed E-state index contributed by atoms with van der Waals surface area (Å²) >= 11 is 0. The first-order valence-electron chi connectivity index (χ1n) is 9.09. The topological polar surface area (TPSA) is 60.4 Å². The number of rotatable bonds is 5. The van der Waals surface area contributed by atoms with Crippen LogP contribution in [-0.2, 0) is 9.53 Å². The number of Topliss-reactive ketones (excluding diaryl/α,β-unsaturated/α-hetero) is 3. The molecular formula is C23H20O4. The van der Waals surface area contributed by atoms with E-state index in [1.54, 1.807) is 48.5 Å². The highest BCUT2D eigenvalue weighted by Gasteiger charge is 2.54. The van der Waals surface area contributed by atoms with E-state index < -0.39 is 11.5 Å². The maximum atomic E-state index is 13.4. The molecule has 0 heterocycles. The summed E-state index contributed by atoms with van der Waals surface area (Å²) in [7, 11) is 1.52. The Kier molecular flexibility index (Phi) is 4.36. The van der Waals surface area contributed by atoms with Crippen LogP contribution in [0.5, 0.6) is 0 Å². The van der Waals surface area contributed by atoms with Crippen LogP contribution in [0.25, 0.3) is 0 Å². The normalized spacial score (nSPS) is 24.2. The first-order chi connectivity index (χ1) is 13.1. The van der Waals surface area contributed by atoms with Crippen LogP contribution in [0.3, 0.4) is 0 Å². The minimum absolute atomic E-state index is 0.0213. The van der Waals surface area contributed by atoms with Crippen LogP contribution >= 0.6 is 0 Å². The molecule has 0 N–H and O–H groups in total. The second kappa shape index (κ2) is 6.71. The Morgan fingerprint density at radius 3 is 2.00 bits per heavy atom. The molecule has 0 saturated heterocycles. The van der Waals surface area contributed by atoms with Gasteiger partial charge in [0.25, 0.3) is 0 Å². The lowest BCUT2D eigenvalue weighted by atomic mass is 9.60. The predicted molar refractivity (Wildman–Crippen MR) is 101 cm³/mol. The van der Waals surface area contributed by atoms with Crippen molar-refractivity contribution < 1.29 is 19.1 Å². The maximum Gasteiger partial charge on any atom is 0.192 e. The van der Waals surface area contributed by atoms with Gasteiger partial charge in [-0.25, -0.2) is 0 Å². The van der Waals surface area contributed by atoms with E-state index in [-0.39, 0.29) is 23.8 Å². The second-order valence-corrected chi connectivity index (χ2v) is 7.11. The Labute approximate surface area is 157 Å². The highest BCUT2D eigenvalue weighted by Crippen LogP contribution is 2.49. The van der Waals surface area contributed by atoms with E-state index >= 15 is 0 Å². The number of benzene rings is 2. The van der Waals surface area contributed by atoms with Gasteiger partial charge in [-0.3, -0.25) is 14.4 Å². The molecule has 136 valence electrons. The van der Waals surface area contributed by atoms with Crippen molar-refractivity contribution >= 4 is 17.3 Å². The summed E-state index contributed by atoms with van der Waals surface area (Å²) in [5.74, 6) is -1.03. The molecule has 4 heteroatoms. The van der Waals surface area contributed by atoms with Crippen molar-refractivity contribution in [1.82, 2.24) is 0 Å². The Hall–Kier alpha value is -2.85. The molecule has 2 unspecified atom stereocenters. The van der Waals surface area contributed by atoms with Crippen molar-refractivity contribution in [3.8, 4) is 0 Å².